The van der Waals surface area contributed by atoms with E-state index in [0.717, 1.165) is 20.6 Å². The van der Waals surface area contributed by atoms with Crippen LogP contribution in [0.1, 0.15) is 11.1 Å². The van der Waals surface area contributed by atoms with Gasteiger partial charge in [-0.05, 0) is 55.3 Å². The van der Waals surface area contributed by atoms with Gasteiger partial charge in [0.05, 0.1) is 19.9 Å². The van der Waals surface area contributed by atoms with Gasteiger partial charge in [-0.3, -0.25) is 8.37 Å². The smallest absolute Gasteiger partial charge is 0.278 e. The third kappa shape index (κ3) is 4.21. The van der Waals surface area contributed by atoms with Crippen molar-refractivity contribution in [3.63, 3.8) is 0 Å². The average Bonchev–Trinajstić information content (AvgIpc) is 2.60. The van der Waals surface area contributed by atoms with Crippen molar-refractivity contribution < 1.29 is 21.5 Å². The van der Waals surface area contributed by atoms with Gasteiger partial charge < -0.3 is 4.74 Å². The van der Waals surface area contributed by atoms with E-state index in [-0.39, 0.29) is 0 Å². The van der Waals surface area contributed by atoms with Crippen molar-refractivity contribution in [1.29, 1.82) is 0 Å². The highest BCUT2D eigenvalue weighted by Gasteiger charge is 2.21. The molecule has 130 valence electrons. The Morgan fingerprint density at radius 2 is 1.46 bits per heavy atom. The second-order valence-electron chi connectivity index (χ2n) is 4.82. The molecule has 0 saturated heterocycles. The number of ether oxygens (including phenoxy) is 1. The van der Waals surface area contributed by atoms with E-state index in [2.05, 4.69) is 0 Å². The molecule has 6 nitrogen and oxygen atoms in total. The topological polar surface area (TPSA) is 65.1 Å². The van der Waals surface area contributed by atoms with Crippen molar-refractivity contribution in [3.05, 3.63) is 53.6 Å². The number of anilines is 1. The molecule has 8 heteroatoms. The maximum atomic E-state index is 11.9. The lowest BCUT2D eigenvalue weighted by Crippen LogP contribution is -2.29. The van der Waals surface area contributed by atoms with Crippen molar-refractivity contribution in [2.75, 3.05) is 17.9 Å². The van der Waals surface area contributed by atoms with Crippen LogP contribution in [0.2, 0.25) is 0 Å². The molecule has 0 aliphatic heterocycles. The molecule has 2 aromatic carbocycles. The molecular weight excluding hydrogens is 350 g/mol. The number of rotatable bonds is 7. The largest absolute Gasteiger partial charge is 0.457 e. The summed E-state index contributed by atoms with van der Waals surface area (Å²) in [6.45, 7) is 4.01. The average molecular weight is 369 g/mol. The molecular formula is C16H19NO5S2. The maximum Gasteiger partial charge on any atom is 0.278 e. The molecule has 0 N–H and O–H groups in total. The van der Waals surface area contributed by atoms with Crippen molar-refractivity contribution in [1.82, 2.24) is 0 Å². The van der Waals surface area contributed by atoms with Crippen LogP contribution in [-0.2, 0) is 30.9 Å². The van der Waals surface area contributed by atoms with E-state index >= 15 is 0 Å². The summed E-state index contributed by atoms with van der Waals surface area (Å²) < 4.78 is 40.1. The van der Waals surface area contributed by atoms with Gasteiger partial charge >= 0.3 is 0 Å². The lowest BCUT2D eigenvalue weighted by Gasteiger charge is -2.18. The molecule has 0 aliphatic rings. The Hall–Kier alpha value is -1.74. The van der Waals surface area contributed by atoms with E-state index < -0.39 is 22.5 Å². The van der Waals surface area contributed by atoms with Crippen LogP contribution >= 0.6 is 0 Å². The van der Waals surface area contributed by atoms with E-state index in [1.165, 1.54) is 14.2 Å². The number of benzene rings is 2. The minimum Gasteiger partial charge on any atom is -0.457 e. The molecule has 2 atom stereocenters. The molecule has 0 amide bonds. The normalized spacial score (nSPS) is 13.3. The van der Waals surface area contributed by atoms with E-state index in [0.29, 0.717) is 11.4 Å². The van der Waals surface area contributed by atoms with Crippen LogP contribution in [0.5, 0.6) is 11.5 Å². The zero-order valence-corrected chi connectivity index (χ0v) is 15.5. The molecule has 0 aliphatic carbocycles. The highest BCUT2D eigenvalue weighted by atomic mass is 32.3. The minimum absolute atomic E-state index is 0.420. The third-order valence-corrected chi connectivity index (χ3v) is 5.65. The van der Waals surface area contributed by atoms with Crippen molar-refractivity contribution in [2.24, 2.45) is 0 Å². The van der Waals surface area contributed by atoms with Crippen LogP contribution in [0.3, 0.4) is 0 Å². The maximum absolute atomic E-state index is 11.9. The van der Waals surface area contributed by atoms with Crippen LogP contribution in [0, 0.1) is 13.8 Å². The van der Waals surface area contributed by atoms with Gasteiger partial charge in [0.2, 0.25) is 0 Å². The molecule has 2 unspecified atom stereocenters. The summed E-state index contributed by atoms with van der Waals surface area (Å²) in [6.07, 6.45) is 0. The van der Waals surface area contributed by atoms with Gasteiger partial charge in [0.15, 0.2) is 0 Å². The molecule has 0 fully saturated rings. The van der Waals surface area contributed by atoms with Crippen LogP contribution in [0.4, 0.5) is 5.69 Å². The summed E-state index contributed by atoms with van der Waals surface area (Å²) >= 11 is -3.86. The first-order chi connectivity index (χ1) is 11.5. The monoisotopic (exact) mass is 369 g/mol. The number of hydrogen-bond donors (Lipinski definition) is 0. The minimum atomic E-state index is -1.93. The molecule has 0 bridgehead atoms. The third-order valence-electron chi connectivity index (χ3n) is 3.39. The quantitative estimate of drug-likeness (QED) is 0.749. The predicted octanol–water partition coefficient (Wildman–Crippen LogP) is 3.35. The first-order valence-corrected chi connectivity index (χ1v) is 9.11. The summed E-state index contributed by atoms with van der Waals surface area (Å²) in [6, 6.07) is 12.5. The van der Waals surface area contributed by atoms with E-state index in [9.17, 15) is 8.42 Å². The van der Waals surface area contributed by atoms with Crippen molar-refractivity contribution >= 4 is 28.2 Å². The van der Waals surface area contributed by atoms with E-state index in [4.69, 9.17) is 13.1 Å². The summed E-state index contributed by atoms with van der Waals surface area (Å²) in [5, 5.41) is 0. The fraction of sp³-hybridized carbons (Fsp3) is 0.250. The van der Waals surface area contributed by atoms with Gasteiger partial charge in [0.1, 0.15) is 11.5 Å². The Balaban J connectivity index is 2.24. The fourth-order valence-corrected chi connectivity index (χ4v) is 3.58. The van der Waals surface area contributed by atoms with Gasteiger partial charge in [-0.25, -0.2) is 8.42 Å². The van der Waals surface area contributed by atoms with Gasteiger partial charge in [0.25, 0.3) is 22.5 Å². The molecule has 0 aromatic heterocycles. The first-order valence-electron chi connectivity index (χ1n) is 7.05. The Bertz CT molecular complexity index is 733. The zero-order chi connectivity index (χ0) is 17.7. The second kappa shape index (κ2) is 8.39. The highest BCUT2D eigenvalue weighted by Crippen LogP contribution is 2.29. The Labute approximate surface area is 146 Å². The second-order valence-corrected chi connectivity index (χ2v) is 7.32. The highest BCUT2D eigenvalue weighted by molar-refractivity contribution is 7.99. The SMILES string of the molecule is COS(=O)N(c1ccc(Oc2cccc(C)c2C)cc1)S(=O)OC. The first kappa shape index (κ1) is 18.6. The molecule has 0 heterocycles. The molecule has 2 aromatic rings. The molecule has 24 heavy (non-hydrogen) atoms. The van der Waals surface area contributed by atoms with Crippen LogP contribution < -0.4 is 8.45 Å². The van der Waals surface area contributed by atoms with Gasteiger partial charge in [-0.15, -0.1) is 0 Å². The Kier molecular flexibility index (Phi) is 6.50. The Morgan fingerprint density at radius 3 is 2.00 bits per heavy atom. The fourth-order valence-electron chi connectivity index (χ4n) is 1.95. The van der Waals surface area contributed by atoms with Gasteiger partial charge in [0, 0.05) is 0 Å². The van der Waals surface area contributed by atoms with Crippen LogP contribution in [0.15, 0.2) is 42.5 Å². The lowest BCUT2D eigenvalue weighted by molar-refractivity contribution is 0.434. The summed E-state index contributed by atoms with van der Waals surface area (Å²) in [4.78, 5) is 0. The lowest BCUT2D eigenvalue weighted by atomic mass is 10.1. The molecule has 0 spiro atoms. The number of aryl methyl sites for hydroxylation is 1. The molecule has 2 rings (SSSR count). The zero-order valence-electron chi connectivity index (χ0n) is 13.8. The van der Waals surface area contributed by atoms with Crippen LogP contribution in [0.25, 0.3) is 0 Å². The summed E-state index contributed by atoms with van der Waals surface area (Å²) in [7, 11) is 2.52. The van der Waals surface area contributed by atoms with Gasteiger partial charge in [-0.1, -0.05) is 12.1 Å². The standard InChI is InChI=1S/C16H19NO5S2/c1-12-6-5-7-16(13(12)2)22-15-10-8-14(9-11-15)17(23(18)20-3)24(19)21-4/h5-11H,1-4H3. The van der Waals surface area contributed by atoms with Crippen LogP contribution in [-0.4, -0.2) is 22.6 Å². The molecule has 0 saturated carbocycles. The Morgan fingerprint density at radius 1 is 0.875 bits per heavy atom. The predicted molar refractivity (Wildman–Crippen MR) is 95.2 cm³/mol. The summed E-state index contributed by atoms with van der Waals surface area (Å²) in [5.74, 6) is 1.37. The summed E-state index contributed by atoms with van der Waals surface area (Å²) in [5.41, 5.74) is 2.62. The van der Waals surface area contributed by atoms with Gasteiger partial charge in [-0.2, -0.15) is 3.71 Å². The van der Waals surface area contributed by atoms with Crippen molar-refractivity contribution in [3.8, 4) is 11.5 Å². The van der Waals surface area contributed by atoms with E-state index in [1.807, 2.05) is 32.0 Å². The number of hydrogen-bond acceptors (Lipinski definition) is 5. The number of nitrogens with zero attached hydrogens (tertiary/aromatic N) is 1. The molecule has 0 radical (unpaired) electrons. The van der Waals surface area contributed by atoms with E-state index in [1.54, 1.807) is 24.3 Å². The van der Waals surface area contributed by atoms with Crippen molar-refractivity contribution in [2.45, 2.75) is 13.8 Å².